The zero-order valence-electron chi connectivity index (χ0n) is 13.5. The quantitative estimate of drug-likeness (QED) is 0.789. The molecule has 2 unspecified atom stereocenters. The van der Waals surface area contributed by atoms with Crippen LogP contribution >= 0.6 is 0 Å². The maximum absolute atomic E-state index is 12.4. The van der Waals surface area contributed by atoms with Crippen LogP contribution in [0.5, 0.6) is 0 Å². The monoisotopic (exact) mass is 283 g/mol. The minimum absolute atomic E-state index is 0.00419. The zero-order valence-corrected chi connectivity index (χ0v) is 13.5. The number of ether oxygens (including phenoxy) is 1. The zero-order chi connectivity index (χ0) is 15.3. The fraction of sp³-hybridized carbons (Fsp3) is 0.875. The molecule has 1 saturated carbocycles. The Morgan fingerprint density at radius 2 is 2.00 bits per heavy atom. The largest absolute Gasteiger partial charge is 0.465 e. The first-order chi connectivity index (χ1) is 9.26. The Labute approximate surface area is 122 Å². The highest BCUT2D eigenvalue weighted by molar-refractivity contribution is 5.83. The third kappa shape index (κ3) is 4.80. The average molecular weight is 283 g/mol. The molecule has 0 aromatic heterocycles. The number of carbonyl (C=O) groups is 2. The van der Waals surface area contributed by atoms with Crippen LogP contribution in [0.25, 0.3) is 0 Å². The number of hydrogen-bond donors (Lipinski definition) is 1. The molecule has 0 spiro atoms. The van der Waals surface area contributed by atoms with Crippen molar-refractivity contribution in [2.45, 2.75) is 53.9 Å². The minimum atomic E-state index is -0.364. The van der Waals surface area contributed by atoms with E-state index >= 15 is 0 Å². The van der Waals surface area contributed by atoms with Crippen molar-refractivity contribution in [2.75, 3.05) is 13.2 Å². The molecule has 1 rings (SSSR count). The Balaban J connectivity index is 2.63. The Bertz CT molecular complexity index is 350. The van der Waals surface area contributed by atoms with Gasteiger partial charge in [0.15, 0.2) is 0 Å². The summed E-state index contributed by atoms with van der Waals surface area (Å²) in [5.41, 5.74) is 0.206. The molecule has 2 atom stereocenters. The summed E-state index contributed by atoms with van der Waals surface area (Å²) in [5.74, 6) is 0.546. The third-order valence-electron chi connectivity index (χ3n) is 4.35. The summed E-state index contributed by atoms with van der Waals surface area (Å²) in [6.07, 6.45) is 3.14. The highest BCUT2D eigenvalue weighted by Crippen LogP contribution is 2.44. The predicted octanol–water partition coefficient (Wildman–Crippen LogP) is 2.76. The summed E-state index contributed by atoms with van der Waals surface area (Å²) >= 11 is 0. The molecular formula is C16H29NO3. The van der Waals surface area contributed by atoms with Crippen molar-refractivity contribution in [1.29, 1.82) is 0 Å². The van der Waals surface area contributed by atoms with Crippen LogP contribution < -0.4 is 5.32 Å². The van der Waals surface area contributed by atoms with Gasteiger partial charge in [-0.2, -0.15) is 0 Å². The van der Waals surface area contributed by atoms with E-state index in [4.69, 9.17) is 4.74 Å². The van der Waals surface area contributed by atoms with Crippen LogP contribution in [0.4, 0.5) is 0 Å². The van der Waals surface area contributed by atoms with Crippen molar-refractivity contribution < 1.29 is 14.3 Å². The average Bonchev–Trinajstić information content (AvgIpc) is 2.34. The van der Waals surface area contributed by atoms with Gasteiger partial charge in [0, 0.05) is 5.92 Å². The van der Waals surface area contributed by atoms with E-state index in [1.165, 1.54) is 0 Å². The lowest BCUT2D eigenvalue weighted by atomic mass is 9.64. The SMILES string of the molecule is CCOC(=O)CNC(=O)C1CC(C)(C)CCC1C(C)C. The molecule has 20 heavy (non-hydrogen) atoms. The molecule has 0 radical (unpaired) electrons. The van der Waals surface area contributed by atoms with E-state index in [9.17, 15) is 9.59 Å². The first kappa shape index (κ1) is 17.0. The number of hydrogen-bond acceptors (Lipinski definition) is 3. The van der Waals surface area contributed by atoms with Gasteiger partial charge in [-0.05, 0) is 43.4 Å². The minimum Gasteiger partial charge on any atom is -0.465 e. The summed E-state index contributed by atoms with van der Waals surface area (Å²) in [6.45, 7) is 10.9. The lowest BCUT2D eigenvalue weighted by Gasteiger charge is -2.41. The highest BCUT2D eigenvalue weighted by Gasteiger charge is 2.39. The van der Waals surface area contributed by atoms with E-state index in [0.717, 1.165) is 19.3 Å². The Morgan fingerprint density at radius 1 is 1.35 bits per heavy atom. The van der Waals surface area contributed by atoms with Crippen LogP contribution in [0.1, 0.15) is 53.9 Å². The predicted molar refractivity (Wildman–Crippen MR) is 79.1 cm³/mol. The molecule has 0 heterocycles. The van der Waals surface area contributed by atoms with Gasteiger partial charge in [-0.3, -0.25) is 9.59 Å². The van der Waals surface area contributed by atoms with Gasteiger partial charge < -0.3 is 10.1 Å². The van der Waals surface area contributed by atoms with E-state index in [2.05, 4.69) is 33.0 Å². The highest BCUT2D eigenvalue weighted by atomic mass is 16.5. The molecule has 4 nitrogen and oxygen atoms in total. The summed E-state index contributed by atoms with van der Waals surface area (Å²) in [6, 6.07) is 0. The molecule has 4 heteroatoms. The summed E-state index contributed by atoms with van der Waals surface area (Å²) in [7, 11) is 0. The van der Waals surface area contributed by atoms with E-state index in [-0.39, 0.29) is 29.8 Å². The summed E-state index contributed by atoms with van der Waals surface area (Å²) < 4.78 is 4.84. The van der Waals surface area contributed by atoms with Crippen molar-refractivity contribution in [3.8, 4) is 0 Å². The number of amides is 1. The van der Waals surface area contributed by atoms with Crippen LogP contribution in [-0.2, 0) is 14.3 Å². The van der Waals surface area contributed by atoms with Crippen molar-refractivity contribution in [1.82, 2.24) is 5.32 Å². The Hall–Kier alpha value is -1.06. The molecule has 0 saturated heterocycles. The first-order valence-corrected chi connectivity index (χ1v) is 7.70. The van der Waals surface area contributed by atoms with Crippen LogP contribution in [0.3, 0.4) is 0 Å². The van der Waals surface area contributed by atoms with Crippen molar-refractivity contribution >= 4 is 11.9 Å². The standard InChI is InChI=1S/C16H29NO3/c1-6-20-14(18)10-17-15(19)13-9-16(4,5)8-7-12(13)11(2)3/h11-13H,6-10H2,1-5H3,(H,17,19). The van der Waals surface area contributed by atoms with Gasteiger partial charge in [0.05, 0.1) is 6.61 Å². The molecule has 1 fully saturated rings. The van der Waals surface area contributed by atoms with Crippen LogP contribution in [0.2, 0.25) is 0 Å². The Morgan fingerprint density at radius 3 is 2.55 bits per heavy atom. The normalized spacial score (nSPS) is 25.3. The van der Waals surface area contributed by atoms with Gasteiger partial charge >= 0.3 is 5.97 Å². The fourth-order valence-electron chi connectivity index (χ4n) is 3.19. The van der Waals surface area contributed by atoms with Gasteiger partial charge in [-0.1, -0.05) is 27.7 Å². The van der Waals surface area contributed by atoms with Crippen LogP contribution in [-0.4, -0.2) is 25.0 Å². The van der Waals surface area contributed by atoms with Crippen molar-refractivity contribution in [3.63, 3.8) is 0 Å². The molecule has 1 aliphatic rings. The van der Waals surface area contributed by atoms with E-state index < -0.39 is 0 Å². The Kier molecular flexibility index (Phi) is 6.03. The molecule has 1 aliphatic carbocycles. The molecule has 0 aliphatic heterocycles. The lowest BCUT2D eigenvalue weighted by molar-refractivity contribution is -0.144. The van der Waals surface area contributed by atoms with Crippen molar-refractivity contribution in [2.24, 2.45) is 23.2 Å². The van der Waals surface area contributed by atoms with Gasteiger partial charge in [0.2, 0.25) is 5.91 Å². The molecule has 0 aromatic rings. The second-order valence-corrected chi connectivity index (χ2v) is 6.94. The molecular weight excluding hydrogens is 254 g/mol. The number of rotatable bonds is 5. The van der Waals surface area contributed by atoms with Gasteiger partial charge in [-0.15, -0.1) is 0 Å². The molecule has 116 valence electrons. The second kappa shape index (κ2) is 7.09. The number of nitrogens with one attached hydrogen (secondary N) is 1. The van der Waals surface area contributed by atoms with E-state index in [1.54, 1.807) is 6.92 Å². The maximum atomic E-state index is 12.4. The van der Waals surface area contributed by atoms with E-state index in [0.29, 0.717) is 18.4 Å². The van der Waals surface area contributed by atoms with Gasteiger partial charge in [-0.25, -0.2) is 0 Å². The molecule has 0 bridgehead atoms. The van der Waals surface area contributed by atoms with E-state index in [1.807, 2.05) is 0 Å². The van der Waals surface area contributed by atoms with Gasteiger partial charge in [0.25, 0.3) is 0 Å². The van der Waals surface area contributed by atoms with Crippen LogP contribution in [0.15, 0.2) is 0 Å². The van der Waals surface area contributed by atoms with Crippen molar-refractivity contribution in [3.05, 3.63) is 0 Å². The summed E-state index contributed by atoms with van der Waals surface area (Å²) in [4.78, 5) is 23.7. The maximum Gasteiger partial charge on any atom is 0.325 e. The molecule has 1 amide bonds. The molecule has 0 aromatic carbocycles. The number of esters is 1. The molecule has 1 N–H and O–H groups in total. The lowest BCUT2D eigenvalue weighted by Crippen LogP contribution is -2.44. The smallest absolute Gasteiger partial charge is 0.325 e. The van der Waals surface area contributed by atoms with Gasteiger partial charge in [0.1, 0.15) is 6.54 Å². The third-order valence-corrected chi connectivity index (χ3v) is 4.35. The second-order valence-electron chi connectivity index (χ2n) is 6.94. The summed E-state index contributed by atoms with van der Waals surface area (Å²) in [5, 5.41) is 2.75. The van der Waals surface area contributed by atoms with Crippen LogP contribution in [0, 0.1) is 23.2 Å². The first-order valence-electron chi connectivity index (χ1n) is 7.70. The number of carbonyl (C=O) groups excluding carboxylic acids is 2. The topological polar surface area (TPSA) is 55.4 Å². The fourth-order valence-corrected chi connectivity index (χ4v) is 3.19.